The molecule has 1 amide bonds. The molecule has 2 aromatic carbocycles. The topological polar surface area (TPSA) is 62.5 Å². The van der Waals surface area contributed by atoms with Gasteiger partial charge in [0, 0.05) is 17.1 Å². The van der Waals surface area contributed by atoms with Crippen LogP contribution >= 0.6 is 24.0 Å². The maximum absolute atomic E-state index is 13.0. The number of para-hydroxylation sites is 1. The molecular formula is C23H18N2O3S2. The van der Waals surface area contributed by atoms with Gasteiger partial charge in [-0.25, -0.2) is 4.79 Å². The first kappa shape index (κ1) is 20.1. The molecule has 150 valence electrons. The number of nitrogens with zero attached hydrogens (tertiary/aromatic N) is 2. The number of rotatable bonds is 4. The third-order valence-corrected chi connectivity index (χ3v) is 6.24. The number of aromatic carboxylic acids is 1. The number of anilines is 1. The van der Waals surface area contributed by atoms with Crippen molar-refractivity contribution in [1.82, 2.24) is 4.57 Å². The molecule has 0 bridgehead atoms. The summed E-state index contributed by atoms with van der Waals surface area (Å²) in [5, 5.41) is 9.11. The fraction of sp³-hybridized carbons (Fsp3) is 0.0870. The van der Waals surface area contributed by atoms with Gasteiger partial charge in [-0.05, 0) is 68.0 Å². The van der Waals surface area contributed by atoms with Crippen LogP contribution in [0.1, 0.15) is 27.3 Å². The first-order valence-corrected chi connectivity index (χ1v) is 10.4. The summed E-state index contributed by atoms with van der Waals surface area (Å²) >= 11 is 6.73. The number of aromatic nitrogens is 1. The van der Waals surface area contributed by atoms with Crippen molar-refractivity contribution in [1.29, 1.82) is 0 Å². The number of hydrogen-bond acceptors (Lipinski definition) is 4. The predicted molar refractivity (Wildman–Crippen MR) is 124 cm³/mol. The molecule has 0 unspecified atom stereocenters. The number of carbonyl (C=O) groups excluding carboxylic acids is 1. The molecule has 5 nitrogen and oxygen atoms in total. The monoisotopic (exact) mass is 434 g/mol. The SMILES string of the molecule is Cc1cc(/C=C2/SC(=S)N(c3ccccc3)C2=O)c(C)n1-c1ccc(C(=O)O)cc1. The zero-order valence-electron chi connectivity index (χ0n) is 16.3. The van der Waals surface area contributed by atoms with Crippen LogP contribution < -0.4 is 4.90 Å². The maximum Gasteiger partial charge on any atom is 0.335 e. The maximum atomic E-state index is 13.0. The Bertz CT molecular complexity index is 1200. The highest BCUT2D eigenvalue weighted by molar-refractivity contribution is 8.27. The molecule has 4 rings (SSSR count). The average molecular weight is 435 g/mol. The summed E-state index contributed by atoms with van der Waals surface area (Å²) in [6.07, 6.45) is 1.87. The van der Waals surface area contributed by atoms with Crippen LogP contribution in [-0.2, 0) is 4.79 Å². The summed E-state index contributed by atoms with van der Waals surface area (Å²) in [6, 6.07) is 18.1. The zero-order valence-corrected chi connectivity index (χ0v) is 18.0. The fourth-order valence-electron chi connectivity index (χ4n) is 3.49. The molecule has 1 fully saturated rings. The van der Waals surface area contributed by atoms with E-state index in [0.29, 0.717) is 9.23 Å². The van der Waals surface area contributed by atoms with E-state index in [9.17, 15) is 9.59 Å². The Morgan fingerprint density at radius 3 is 2.33 bits per heavy atom. The molecule has 1 aromatic heterocycles. The quantitative estimate of drug-likeness (QED) is 0.452. The van der Waals surface area contributed by atoms with Crippen molar-refractivity contribution >= 4 is 51.9 Å². The van der Waals surface area contributed by atoms with Crippen molar-refractivity contribution in [3.05, 3.63) is 88.1 Å². The van der Waals surface area contributed by atoms with E-state index in [1.54, 1.807) is 29.2 Å². The minimum absolute atomic E-state index is 0.133. The standard InChI is InChI=1S/C23H18N2O3S2/c1-14-12-17(15(2)24(14)19-10-8-16(9-11-19)22(27)28)13-20-21(26)25(23(29)30-20)18-6-4-3-5-7-18/h3-13H,1-2H3,(H,27,28)/b20-13+. The number of thioether (sulfide) groups is 1. The van der Waals surface area contributed by atoms with Gasteiger partial charge in [0.2, 0.25) is 0 Å². The molecular weight excluding hydrogens is 416 g/mol. The van der Waals surface area contributed by atoms with Gasteiger partial charge in [0.15, 0.2) is 4.32 Å². The summed E-state index contributed by atoms with van der Waals surface area (Å²) in [5.74, 6) is -1.09. The predicted octanol–water partition coefficient (Wildman–Crippen LogP) is 5.20. The van der Waals surface area contributed by atoms with Crippen molar-refractivity contribution < 1.29 is 14.7 Å². The lowest BCUT2D eigenvalue weighted by Crippen LogP contribution is -2.27. The Hall–Kier alpha value is -3.16. The second-order valence-corrected chi connectivity index (χ2v) is 8.54. The molecule has 3 aromatic rings. The smallest absolute Gasteiger partial charge is 0.335 e. The molecule has 0 radical (unpaired) electrons. The van der Waals surface area contributed by atoms with Crippen molar-refractivity contribution in [3.8, 4) is 5.69 Å². The number of carboxylic acids is 1. The van der Waals surface area contributed by atoms with Gasteiger partial charge in [0.05, 0.1) is 16.2 Å². The van der Waals surface area contributed by atoms with Crippen LogP contribution in [0, 0.1) is 13.8 Å². The summed E-state index contributed by atoms with van der Waals surface area (Å²) in [6.45, 7) is 3.95. The zero-order chi connectivity index (χ0) is 21.4. The molecule has 0 saturated carbocycles. The first-order chi connectivity index (χ1) is 14.4. The van der Waals surface area contributed by atoms with Crippen LogP contribution in [0.3, 0.4) is 0 Å². The van der Waals surface area contributed by atoms with E-state index in [0.717, 1.165) is 28.3 Å². The van der Waals surface area contributed by atoms with Gasteiger partial charge < -0.3 is 9.67 Å². The Balaban J connectivity index is 1.68. The number of hydrogen-bond donors (Lipinski definition) is 1. The van der Waals surface area contributed by atoms with Crippen molar-refractivity contribution in [2.24, 2.45) is 0 Å². The Kier molecular flexibility index (Phi) is 5.32. The van der Waals surface area contributed by atoms with Crippen molar-refractivity contribution in [2.45, 2.75) is 13.8 Å². The number of amides is 1. The normalized spacial score (nSPS) is 15.3. The van der Waals surface area contributed by atoms with E-state index in [2.05, 4.69) is 0 Å². The molecule has 1 N–H and O–H groups in total. The van der Waals surface area contributed by atoms with Gasteiger partial charge in [-0.15, -0.1) is 0 Å². The average Bonchev–Trinajstić information content (AvgIpc) is 3.17. The molecule has 30 heavy (non-hydrogen) atoms. The van der Waals surface area contributed by atoms with Gasteiger partial charge >= 0.3 is 5.97 Å². The van der Waals surface area contributed by atoms with E-state index in [4.69, 9.17) is 17.3 Å². The Labute approximate surface area is 183 Å². The highest BCUT2D eigenvalue weighted by Gasteiger charge is 2.33. The van der Waals surface area contributed by atoms with Gasteiger partial charge in [0.25, 0.3) is 5.91 Å². The van der Waals surface area contributed by atoms with E-state index in [-0.39, 0.29) is 11.5 Å². The fourth-order valence-corrected chi connectivity index (χ4v) is 4.78. The van der Waals surface area contributed by atoms with Gasteiger partial charge in [-0.3, -0.25) is 9.69 Å². The summed E-state index contributed by atoms with van der Waals surface area (Å²) in [5.41, 5.74) is 4.73. The third-order valence-electron chi connectivity index (χ3n) is 4.94. The number of carbonyl (C=O) groups is 2. The lowest BCUT2D eigenvalue weighted by Gasteiger charge is -2.13. The lowest BCUT2D eigenvalue weighted by atomic mass is 10.2. The van der Waals surface area contributed by atoms with E-state index in [1.165, 1.54) is 11.8 Å². The molecule has 7 heteroatoms. The van der Waals surface area contributed by atoms with Gasteiger partial charge in [-0.2, -0.15) is 0 Å². The second kappa shape index (κ2) is 7.93. The molecule has 0 spiro atoms. The third kappa shape index (κ3) is 3.58. The number of aryl methyl sites for hydroxylation is 1. The van der Waals surface area contributed by atoms with Crippen LogP contribution in [0.25, 0.3) is 11.8 Å². The lowest BCUT2D eigenvalue weighted by molar-refractivity contribution is -0.113. The molecule has 0 aliphatic carbocycles. The summed E-state index contributed by atoms with van der Waals surface area (Å²) in [4.78, 5) is 26.2. The number of carboxylic acid groups (broad SMARTS) is 1. The van der Waals surface area contributed by atoms with Crippen LogP contribution in [-0.4, -0.2) is 25.9 Å². The minimum atomic E-state index is -0.955. The van der Waals surface area contributed by atoms with Crippen LogP contribution in [0.2, 0.25) is 0 Å². The highest BCUT2D eigenvalue weighted by atomic mass is 32.2. The van der Waals surface area contributed by atoms with Crippen LogP contribution in [0.4, 0.5) is 5.69 Å². The Morgan fingerprint density at radius 1 is 1.03 bits per heavy atom. The number of benzene rings is 2. The van der Waals surface area contributed by atoms with Crippen LogP contribution in [0.5, 0.6) is 0 Å². The molecule has 2 heterocycles. The van der Waals surface area contributed by atoms with Crippen LogP contribution in [0.15, 0.2) is 65.6 Å². The molecule has 1 saturated heterocycles. The summed E-state index contributed by atoms with van der Waals surface area (Å²) < 4.78 is 2.55. The molecule has 1 aliphatic rings. The number of thiocarbonyl (C=S) groups is 1. The minimum Gasteiger partial charge on any atom is -0.478 e. The van der Waals surface area contributed by atoms with E-state index >= 15 is 0 Å². The second-order valence-electron chi connectivity index (χ2n) is 6.87. The van der Waals surface area contributed by atoms with Crippen molar-refractivity contribution in [3.63, 3.8) is 0 Å². The van der Waals surface area contributed by atoms with Crippen molar-refractivity contribution in [2.75, 3.05) is 4.90 Å². The molecule has 0 atom stereocenters. The molecule has 1 aliphatic heterocycles. The highest BCUT2D eigenvalue weighted by Crippen LogP contribution is 2.36. The van der Waals surface area contributed by atoms with E-state index < -0.39 is 5.97 Å². The Morgan fingerprint density at radius 2 is 1.70 bits per heavy atom. The largest absolute Gasteiger partial charge is 0.478 e. The first-order valence-electron chi connectivity index (χ1n) is 9.22. The summed E-state index contributed by atoms with van der Waals surface area (Å²) in [7, 11) is 0. The van der Waals surface area contributed by atoms with E-state index in [1.807, 2.05) is 60.9 Å². The van der Waals surface area contributed by atoms with Gasteiger partial charge in [-0.1, -0.05) is 42.2 Å². The van der Waals surface area contributed by atoms with Gasteiger partial charge in [0.1, 0.15) is 0 Å².